The van der Waals surface area contributed by atoms with Crippen molar-refractivity contribution < 1.29 is 8.42 Å². The molecule has 0 amide bonds. The van der Waals surface area contributed by atoms with Gasteiger partial charge in [-0.15, -0.1) is 0 Å². The van der Waals surface area contributed by atoms with Crippen LogP contribution in [0.15, 0.2) is 53.6 Å². The van der Waals surface area contributed by atoms with Crippen LogP contribution in [-0.4, -0.2) is 19.9 Å². The van der Waals surface area contributed by atoms with E-state index in [0.717, 1.165) is 5.56 Å². The van der Waals surface area contributed by atoms with Gasteiger partial charge in [0.1, 0.15) is 10.7 Å². The fourth-order valence-corrected chi connectivity index (χ4v) is 2.91. The Kier molecular flexibility index (Phi) is 4.70. The first-order valence-electron chi connectivity index (χ1n) is 6.36. The van der Waals surface area contributed by atoms with Crippen molar-refractivity contribution in [3.8, 4) is 0 Å². The van der Waals surface area contributed by atoms with Gasteiger partial charge in [0.15, 0.2) is 0 Å². The van der Waals surface area contributed by atoms with Crippen molar-refractivity contribution in [2.75, 3.05) is 11.9 Å². The van der Waals surface area contributed by atoms with E-state index >= 15 is 0 Å². The van der Waals surface area contributed by atoms with Crippen molar-refractivity contribution in [1.29, 1.82) is 0 Å². The quantitative estimate of drug-likeness (QED) is 0.854. The molecule has 0 aliphatic carbocycles. The Morgan fingerprint density at radius 2 is 1.85 bits per heavy atom. The zero-order chi connectivity index (χ0) is 14.4. The molecule has 0 aliphatic heterocycles. The fraction of sp³-hybridized carbons (Fsp3) is 0.214. The molecular weight excluding hydrogens is 274 g/mol. The summed E-state index contributed by atoms with van der Waals surface area (Å²) in [5.74, 6) is 0.371. The predicted molar refractivity (Wildman–Crippen MR) is 78.9 cm³/mol. The maximum Gasteiger partial charge on any atom is 0.244 e. The van der Waals surface area contributed by atoms with E-state index in [2.05, 4.69) is 15.0 Å². The van der Waals surface area contributed by atoms with Crippen LogP contribution in [0.5, 0.6) is 0 Å². The average Bonchev–Trinajstić information content (AvgIpc) is 2.47. The maximum atomic E-state index is 12.3. The van der Waals surface area contributed by atoms with Crippen molar-refractivity contribution in [3.63, 3.8) is 0 Å². The summed E-state index contributed by atoms with van der Waals surface area (Å²) in [6.45, 7) is 2.75. The van der Waals surface area contributed by atoms with Gasteiger partial charge in [0.25, 0.3) is 0 Å². The van der Waals surface area contributed by atoms with Gasteiger partial charge in [-0.25, -0.2) is 18.1 Å². The number of aromatic nitrogens is 1. The Bertz CT molecular complexity index is 657. The van der Waals surface area contributed by atoms with Gasteiger partial charge < -0.3 is 5.32 Å². The lowest BCUT2D eigenvalue weighted by molar-refractivity contribution is 0.581. The molecule has 2 rings (SSSR count). The molecule has 0 saturated heterocycles. The Morgan fingerprint density at radius 1 is 1.10 bits per heavy atom. The molecule has 1 heterocycles. The molecule has 0 saturated carbocycles. The molecule has 6 heteroatoms. The van der Waals surface area contributed by atoms with Crippen LogP contribution < -0.4 is 10.0 Å². The number of anilines is 1. The Balaban J connectivity index is 2.18. The van der Waals surface area contributed by atoms with E-state index in [1.165, 1.54) is 0 Å². The molecule has 2 N–H and O–H groups in total. The summed E-state index contributed by atoms with van der Waals surface area (Å²) in [5, 5.41) is 2.95. The number of rotatable bonds is 6. The van der Waals surface area contributed by atoms with Crippen LogP contribution >= 0.6 is 0 Å². The van der Waals surface area contributed by atoms with Crippen LogP contribution in [0.4, 0.5) is 5.82 Å². The number of hydrogen-bond donors (Lipinski definition) is 2. The number of benzene rings is 1. The molecule has 0 fully saturated rings. The van der Waals surface area contributed by atoms with Gasteiger partial charge in [0, 0.05) is 19.3 Å². The van der Waals surface area contributed by atoms with Gasteiger partial charge in [-0.3, -0.25) is 0 Å². The number of pyridine rings is 1. The molecule has 0 aliphatic rings. The smallest absolute Gasteiger partial charge is 0.244 e. The van der Waals surface area contributed by atoms with E-state index in [-0.39, 0.29) is 11.4 Å². The highest BCUT2D eigenvalue weighted by Gasteiger charge is 2.18. The van der Waals surface area contributed by atoms with Crippen LogP contribution in [0, 0.1) is 0 Å². The topological polar surface area (TPSA) is 71.1 Å². The predicted octanol–water partition coefficient (Wildman–Crippen LogP) is 1.99. The normalized spacial score (nSPS) is 11.2. The van der Waals surface area contributed by atoms with Crippen LogP contribution in [-0.2, 0) is 16.6 Å². The Hall–Kier alpha value is -1.92. The van der Waals surface area contributed by atoms with Gasteiger partial charge in [-0.05, 0) is 24.6 Å². The summed E-state index contributed by atoms with van der Waals surface area (Å²) < 4.78 is 27.2. The fourth-order valence-electron chi connectivity index (χ4n) is 1.76. The van der Waals surface area contributed by atoms with E-state index in [9.17, 15) is 8.42 Å². The van der Waals surface area contributed by atoms with Crippen LogP contribution in [0.3, 0.4) is 0 Å². The van der Waals surface area contributed by atoms with Crippen molar-refractivity contribution in [1.82, 2.24) is 9.71 Å². The van der Waals surface area contributed by atoms with E-state index < -0.39 is 10.0 Å². The Labute approximate surface area is 119 Å². The van der Waals surface area contributed by atoms with Crippen LogP contribution in [0.1, 0.15) is 12.5 Å². The second kappa shape index (κ2) is 6.49. The van der Waals surface area contributed by atoms with Crippen molar-refractivity contribution in [2.45, 2.75) is 18.4 Å². The lowest BCUT2D eigenvalue weighted by atomic mass is 10.2. The highest BCUT2D eigenvalue weighted by Crippen LogP contribution is 2.17. The molecule has 0 unspecified atom stereocenters. The first-order chi connectivity index (χ1) is 9.63. The first kappa shape index (κ1) is 14.5. The van der Waals surface area contributed by atoms with Gasteiger partial charge in [0.05, 0.1) is 0 Å². The molecule has 1 aromatic carbocycles. The van der Waals surface area contributed by atoms with Gasteiger partial charge in [0.2, 0.25) is 10.0 Å². The lowest BCUT2D eigenvalue weighted by Gasteiger charge is -2.11. The summed E-state index contributed by atoms with van der Waals surface area (Å²) in [6.07, 6.45) is 1.56. The van der Waals surface area contributed by atoms with Gasteiger partial charge in [-0.1, -0.05) is 30.3 Å². The summed E-state index contributed by atoms with van der Waals surface area (Å²) in [4.78, 5) is 4.22. The average molecular weight is 291 g/mol. The highest BCUT2D eigenvalue weighted by atomic mass is 32.2. The minimum Gasteiger partial charge on any atom is -0.369 e. The first-order valence-corrected chi connectivity index (χ1v) is 7.84. The number of nitrogens with zero attached hydrogens (tertiary/aromatic N) is 1. The minimum absolute atomic E-state index is 0.165. The number of nitrogens with one attached hydrogen (secondary N) is 2. The number of sulfonamides is 1. The molecule has 0 radical (unpaired) electrons. The second-order valence-electron chi connectivity index (χ2n) is 4.19. The Morgan fingerprint density at radius 3 is 2.55 bits per heavy atom. The molecule has 20 heavy (non-hydrogen) atoms. The standard InChI is InChI=1S/C14H17N3O2S/c1-2-15-14-13(9-6-10-16-14)20(18,19)17-11-12-7-4-3-5-8-12/h3-10,17H,2,11H2,1H3,(H,15,16). The monoisotopic (exact) mass is 291 g/mol. The zero-order valence-electron chi connectivity index (χ0n) is 11.2. The summed E-state index contributed by atoms with van der Waals surface area (Å²) in [6, 6.07) is 12.5. The third-order valence-electron chi connectivity index (χ3n) is 2.71. The van der Waals surface area contributed by atoms with Crippen LogP contribution in [0.2, 0.25) is 0 Å². The summed E-state index contributed by atoms with van der Waals surface area (Å²) in [7, 11) is -3.59. The third kappa shape index (κ3) is 3.55. The molecule has 1 aromatic heterocycles. The van der Waals surface area contributed by atoms with E-state index in [4.69, 9.17) is 0 Å². The lowest BCUT2D eigenvalue weighted by Crippen LogP contribution is -2.24. The van der Waals surface area contributed by atoms with Crippen molar-refractivity contribution in [3.05, 3.63) is 54.2 Å². The summed E-state index contributed by atoms with van der Waals surface area (Å²) in [5.41, 5.74) is 0.907. The SMILES string of the molecule is CCNc1ncccc1S(=O)(=O)NCc1ccccc1. The molecule has 106 valence electrons. The van der Waals surface area contributed by atoms with Crippen molar-refractivity contribution >= 4 is 15.8 Å². The van der Waals surface area contributed by atoms with E-state index in [1.807, 2.05) is 37.3 Å². The maximum absolute atomic E-state index is 12.3. The largest absolute Gasteiger partial charge is 0.369 e. The number of hydrogen-bond acceptors (Lipinski definition) is 4. The summed E-state index contributed by atoms with van der Waals surface area (Å²) >= 11 is 0. The molecule has 0 atom stereocenters. The zero-order valence-corrected chi connectivity index (χ0v) is 12.0. The molecule has 2 aromatic rings. The third-order valence-corrected chi connectivity index (χ3v) is 4.15. The van der Waals surface area contributed by atoms with E-state index in [0.29, 0.717) is 12.4 Å². The van der Waals surface area contributed by atoms with E-state index in [1.54, 1.807) is 18.3 Å². The molecule has 0 spiro atoms. The van der Waals surface area contributed by atoms with Gasteiger partial charge in [-0.2, -0.15) is 0 Å². The molecule has 0 bridgehead atoms. The molecular formula is C14H17N3O2S. The van der Waals surface area contributed by atoms with Crippen molar-refractivity contribution in [2.24, 2.45) is 0 Å². The van der Waals surface area contributed by atoms with Crippen LogP contribution in [0.25, 0.3) is 0 Å². The second-order valence-corrected chi connectivity index (χ2v) is 5.93. The van der Waals surface area contributed by atoms with Gasteiger partial charge >= 0.3 is 0 Å². The minimum atomic E-state index is -3.59. The highest BCUT2D eigenvalue weighted by molar-refractivity contribution is 7.89. The molecule has 5 nitrogen and oxygen atoms in total.